The van der Waals surface area contributed by atoms with Crippen molar-refractivity contribution in [3.8, 4) is 0 Å². The van der Waals surface area contributed by atoms with Gasteiger partial charge in [0.2, 0.25) is 11.9 Å². The largest absolute Gasteiger partial charge is 0.368 e. The van der Waals surface area contributed by atoms with Crippen LogP contribution in [0.5, 0.6) is 0 Å². The Morgan fingerprint density at radius 3 is 2.72 bits per heavy atom. The Morgan fingerprint density at radius 2 is 2.17 bits per heavy atom. The lowest BCUT2D eigenvalue weighted by atomic mass is 10.3. The van der Waals surface area contributed by atoms with E-state index in [-0.39, 0.29) is 18.4 Å². The van der Waals surface area contributed by atoms with Gasteiger partial charge in [0, 0.05) is 20.6 Å². The van der Waals surface area contributed by atoms with Crippen molar-refractivity contribution in [2.45, 2.75) is 13.3 Å². The van der Waals surface area contributed by atoms with Gasteiger partial charge in [0.25, 0.3) is 0 Å². The second kappa shape index (κ2) is 6.39. The minimum Gasteiger partial charge on any atom is -0.368 e. The third kappa shape index (κ3) is 3.73. The zero-order valence-corrected chi connectivity index (χ0v) is 11.6. The van der Waals surface area contributed by atoms with Crippen molar-refractivity contribution in [3.63, 3.8) is 0 Å². The molecule has 0 atom stereocenters. The van der Waals surface area contributed by atoms with Crippen LogP contribution in [0.1, 0.15) is 13.3 Å². The average Bonchev–Trinajstić information content (AvgIpc) is 2.31. The SMILES string of the molecule is CCCN(CC(=O)N(C)C)c1nc(N)ncc1Cl. The van der Waals surface area contributed by atoms with E-state index < -0.39 is 0 Å². The Balaban J connectivity index is 2.96. The number of nitrogens with two attached hydrogens (primary N) is 1. The van der Waals surface area contributed by atoms with Gasteiger partial charge >= 0.3 is 0 Å². The van der Waals surface area contributed by atoms with Gasteiger partial charge < -0.3 is 15.5 Å². The van der Waals surface area contributed by atoms with Crippen molar-refractivity contribution in [1.29, 1.82) is 0 Å². The molecule has 0 unspecified atom stereocenters. The van der Waals surface area contributed by atoms with Crippen LogP contribution in [0.25, 0.3) is 0 Å². The summed E-state index contributed by atoms with van der Waals surface area (Å²) in [6, 6.07) is 0. The van der Waals surface area contributed by atoms with Crippen molar-refractivity contribution in [3.05, 3.63) is 11.2 Å². The highest BCUT2D eigenvalue weighted by molar-refractivity contribution is 6.32. The van der Waals surface area contributed by atoms with E-state index in [1.165, 1.54) is 11.1 Å². The molecule has 0 aliphatic heterocycles. The first-order chi connectivity index (χ1) is 8.45. The molecule has 100 valence electrons. The fourth-order valence-electron chi connectivity index (χ4n) is 1.43. The number of carbonyl (C=O) groups excluding carboxylic acids is 1. The number of anilines is 2. The molecule has 1 heterocycles. The van der Waals surface area contributed by atoms with E-state index in [1.807, 2.05) is 11.8 Å². The van der Waals surface area contributed by atoms with E-state index >= 15 is 0 Å². The summed E-state index contributed by atoms with van der Waals surface area (Å²) < 4.78 is 0. The van der Waals surface area contributed by atoms with Crippen LogP contribution < -0.4 is 10.6 Å². The van der Waals surface area contributed by atoms with Gasteiger partial charge in [-0.15, -0.1) is 0 Å². The van der Waals surface area contributed by atoms with Gasteiger partial charge in [-0.3, -0.25) is 4.79 Å². The highest BCUT2D eigenvalue weighted by Gasteiger charge is 2.16. The molecular weight excluding hydrogens is 254 g/mol. The molecule has 1 rings (SSSR count). The molecule has 0 aliphatic carbocycles. The molecule has 0 bridgehead atoms. The minimum absolute atomic E-state index is 0.0169. The van der Waals surface area contributed by atoms with Crippen LogP contribution in [0.2, 0.25) is 5.02 Å². The second-order valence-electron chi connectivity index (χ2n) is 4.11. The number of hydrogen-bond donors (Lipinski definition) is 1. The van der Waals surface area contributed by atoms with E-state index in [9.17, 15) is 4.79 Å². The molecular formula is C11H18ClN5O. The monoisotopic (exact) mass is 271 g/mol. The van der Waals surface area contributed by atoms with Gasteiger partial charge in [0.15, 0.2) is 5.82 Å². The molecule has 0 aliphatic rings. The van der Waals surface area contributed by atoms with Crippen LogP contribution in [-0.4, -0.2) is 48.0 Å². The summed E-state index contributed by atoms with van der Waals surface area (Å²) in [5.74, 6) is 0.630. The predicted octanol–water partition coefficient (Wildman–Crippen LogP) is 1.02. The number of carbonyl (C=O) groups is 1. The van der Waals surface area contributed by atoms with Crippen molar-refractivity contribution in [1.82, 2.24) is 14.9 Å². The lowest BCUT2D eigenvalue weighted by molar-refractivity contribution is -0.127. The van der Waals surface area contributed by atoms with Crippen LogP contribution in [0.3, 0.4) is 0 Å². The average molecular weight is 272 g/mol. The zero-order valence-electron chi connectivity index (χ0n) is 10.9. The van der Waals surface area contributed by atoms with Gasteiger partial charge in [-0.2, -0.15) is 4.98 Å². The van der Waals surface area contributed by atoms with Gasteiger partial charge in [0.05, 0.1) is 12.7 Å². The number of rotatable bonds is 5. The number of nitrogens with zero attached hydrogens (tertiary/aromatic N) is 4. The summed E-state index contributed by atoms with van der Waals surface area (Å²) in [5, 5.41) is 0.393. The molecule has 2 N–H and O–H groups in total. The molecule has 6 nitrogen and oxygen atoms in total. The standard InChI is InChI=1S/C11H18ClN5O/c1-4-5-17(7-9(18)16(2)3)10-8(12)6-14-11(13)15-10/h6H,4-5,7H2,1-3H3,(H2,13,14,15). The van der Waals surface area contributed by atoms with E-state index in [0.29, 0.717) is 17.4 Å². The van der Waals surface area contributed by atoms with Gasteiger partial charge in [-0.1, -0.05) is 18.5 Å². The Hall–Kier alpha value is -1.56. The summed E-state index contributed by atoms with van der Waals surface area (Å²) in [6.45, 7) is 2.92. The summed E-state index contributed by atoms with van der Waals surface area (Å²) in [6.07, 6.45) is 2.32. The topological polar surface area (TPSA) is 75.4 Å². The Kier molecular flexibility index (Phi) is 5.15. The smallest absolute Gasteiger partial charge is 0.241 e. The van der Waals surface area contributed by atoms with E-state index in [1.54, 1.807) is 14.1 Å². The number of halogens is 1. The maximum atomic E-state index is 11.8. The molecule has 0 fully saturated rings. The maximum Gasteiger partial charge on any atom is 0.241 e. The summed E-state index contributed by atoms with van der Waals surface area (Å²) in [5.41, 5.74) is 5.55. The lowest BCUT2D eigenvalue weighted by Gasteiger charge is -2.24. The Labute approximate surface area is 112 Å². The van der Waals surface area contributed by atoms with Crippen LogP contribution in [0.4, 0.5) is 11.8 Å². The number of hydrogen-bond acceptors (Lipinski definition) is 5. The van der Waals surface area contributed by atoms with E-state index in [2.05, 4.69) is 9.97 Å². The van der Waals surface area contributed by atoms with Gasteiger partial charge in [-0.25, -0.2) is 4.98 Å². The first-order valence-electron chi connectivity index (χ1n) is 5.68. The lowest BCUT2D eigenvalue weighted by Crippen LogP contribution is -2.37. The molecule has 0 radical (unpaired) electrons. The number of nitrogen functional groups attached to an aromatic ring is 1. The Morgan fingerprint density at radius 1 is 1.50 bits per heavy atom. The third-order valence-electron chi connectivity index (χ3n) is 2.36. The van der Waals surface area contributed by atoms with Crippen LogP contribution >= 0.6 is 11.6 Å². The fraction of sp³-hybridized carbons (Fsp3) is 0.545. The molecule has 1 aromatic heterocycles. The fourth-order valence-corrected chi connectivity index (χ4v) is 1.64. The molecule has 1 amide bonds. The molecule has 0 aromatic carbocycles. The molecule has 7 heteroatoms. The minimum atomic E-state index is -0.0169. The second-order valence-corrected chi connectivity index (χ2v) is 4.52. The van der Waals surface area contributed by atoms with Crippen molar-refractivity contribution >= 4 is 29.3 Å². The zero-order chi connectivity index (χ0) is 13.7. The first-order valence-corrected chi connectivity index (χ1v) is 6.06. The van der Waals surface area contributed by atoms with Gasteiger partial charge in [-0.05, 0) is 6.42 Å². The third-order valence-corrected chi connectivity index (χ3v) is 2.63. The summed E-state index contributed by atoms with van der Waals surface area (Å²) in [4.78, 5) is 23.0. The summed E-state index contributed by atoms with van der Waals surface area (Å²) >= 11 is 6.04. The highest BCUT2D eigenvalue weighted by Crippen LogP contribution is 2.23. The summed E-state index contributed by atoms with van der Waals surface area (Å²) in [7, 11) is 3.42. The Bertz CT molecular complexity index is 424. The molecule has 1 aromatic rings. The van der Waals surface area contributed by atoms with Gasteiger partial charge in [0.1, 0.15) is 5.02 Å². The number of likely N-dealkylation sites (N-methyl/N-ethyl adjacent to an activating group) is 1. The van der Waals surface area contributed by atoms with Crippen LogP contribution in [0.15, 0.2) is 6.20 Å². The van der Waals surface area contributed by atoms with E-state index in [4.69, 9.17) is 17.3 Å². The number of amides is 1. The molecule has 0 saturated heterocycles. The van der Waals surface area contributed by atoms with Crippen LogP contribution in [-0.2, 0) is 4.79 Å². The van der Waals surface area contributed by atoms with Crippen LogP contribution in [0, 0.1) is 0 Å². The quantitative estimate of drug-likeness (QED) is 0.865. The molecule has 0 saturated carbocycles. The predicted molar refractivity (Wildman–Crippen MR) is 72.7 cm³/mol. The maximum absolute atomic E-state index is 11.8. The van der Waals surface area contributed by atoms with Crippen molar-refractivity contribution in [2.24, 2.45) is 0 Å². The number of aromatic nitrogens is 2. The molecule has 0 spiro atoms. The normalized spacial score (nSPS) is 10.2. The molecule has 18 heavy (non-hydrogen) atoms. The van der Waals surface area contributed by atoms with E-state index in [0.717, 1.165) is 6.42 Å². The highest BCUT2D eigenvalue weighted by atomic mass is 35.5. The first kappa shape index (κ1) is 14.5. The van der Waals surface area contributed by atoms with Crippen molar-refractivity contribution < 1.29 is 4.79 Å². The van der Waals surface area contributed by atoms with Crippen molar-refractivity contribution in [2.75, 3.05) is 37.8 Å².